The van der Waals surface area contributed by atoms with Gasteiger partial charge in [-0.3, -0.25) is 0 Å². The van der Waals surface area contributed by atoms with E-state index in [0.29, 0.717) is 66.4 Å². The van der Waals surface area contributed by atoms with Crippen LogP contribution in [-0.4, -0.2) is 45.2 Å². The average Bonchev–Trinajstić information content (AvgIpc) is 3.08. The molecule has 0 aliphatic carbocycles. The highest BCUT2D eigenvalue weighted by Gasteiger charge is 2.17. The highest BCUT2D eigenvalue weighted by atomic mass is 16.5. The molecule has 9 heteroatoms. The Balaban J connectivity index is 1.52. The van der Waals surface area contributed by atoms with Crippen LogP contribution in [0, 0.1) is 0 Å². The Hall–Kier alpha value is -5.44. The summed E-state index contributed by atoms with van der Waals surface area (Å²) in [6.45, 7) is 14.0. The van der Waals surface area contributed by atoms with Gasteiger partial charge < -0.3 is 23.8 Å². The standard InChI is InChI=1S/C38H43N2O7/c1-8-35(47-38(43)32-16-18-34(19-17-32)44-24-10-11-25-45-36(41)9-2)28(4)27(3)29(5)46-37(42)31-14-12-30(13-15-31)26-40-22-20-33(21-23-40)39(6)7/h8-9,12-23H,2,5,10-11,24-26H2,1,3-4,6-7H3/q+1/b28-27-,35-8+. The van der Waals surface area contributed by atoms with Crippen molar-refractivity contribution >= 4 is 23.6 Å². The van der Waals surface area contributed by atoms with Crippen molar-refractivity contribution in [3.05, 3.63) is 138 Å². The first-order valence-corrected chi connectivity index (χ1v) is 15.3. The van der Waals surface area contributed by atoms with Crippen molar-refractivity contribution in [1.82, 2.24) is 0 Å². The van der Waals surface area contributed by atoms with Gasteiger partial charge in [0.1, 0.15) is 17.3 Å². The second-order valence-corrected chi connectivity index (χ2v) is 10.9. The third-order valence-electron chi connectivity index (χ3n) is 7.28. The Labute approximate surface area is 277 Å². The molecule has 0 amide bonds. The van der Waals surface area contributed by atoms with Crippen molar-refractivity contribution in [3.8, 4) is 5.75 Å². The van der Waals surface area contributed by atoms with E-state index in [0.717, 1.165) is 17.3 Å². The summed E-state index contributed by atoms with van der Waals surface area (Å²) in [5.41, 5.74) is 4.06. The number of hydrogen-bond acceptors (Lipinski definition) is 8. The number of pyridine rings is 1. The predicted molar refractivity (Wildman–Crippen MR) is 181 cm³/mol. The van der Waals surface area contributed by atoms with Gasteiger partial charge in [0, 0.05) is 43.6 Å². The Bertz CT molecular complexity index is 1620. The number of rotatable bonds is 16. The summed E-state index contributed by atoms with van der Waals surface area (Å²) in [5.74, 6) is -0.445. The molecule has 0 bridgehead atoms. The maximum Gasteiger partial charge on any atom is 0.343 e. The third-order valence-corrected chi connectivity index (χ3v) is 7.28. The van der Waals surface area contributed by atoms with E-state index < -0.39 is 17.9 Å². The molecule has 0 saturated heterocycles. The summed E-state index contributed by atoms with van der Waals surface area (Å²) >= 11 is 0. The number of aromatic nitrogens is 1. The van der Waals surface area contributed by atoms with Gasteiger partial charge in [0.15, 0.2) is 18.9 Å². The molecule has 9 nitrogen and oxygen atoms in total. The maximum atomic E-state index is 12.9. The molecule has 0 fully saturated rings. The number of hydrogen-bond donors (Lipinski definition) is 0. The third kappa shape index (κ3) is 11.1. The molecular weight excluding hydrogens is 596 g/mol. The second-order valence-electron chi connectivity index (χ2n) is 10.9. The highest BCUT2D eigenvalue weighted by Crippen LogP contribution is 2.24. The zero-order valence-corrected chi connectivity index (χ0v) is 27.8. The Kier molecular flexibility index (Phi) is 13.7. The van der Waals surface area contributed by atoms with Crippen LogP contribution in [0.1, 0.15) is 59.9 Å². The van der Waals surface area contributed by atoms with Gasteiger partial charge in [0.05, 0.1) is 24.3 Å². The number of anilines is 1. The van der Waals surface area contributed by atoms with Crippen LogP contribution in [0.3, 0.4) is 0 Å². The fourth-order valence-electron chi connectivity index (χ4n) is 4.28. The molecule has 3 rings (SSSR count). The minimum atomic E-state index is -0.546. The molecule has 47 heavy (non-hydrogen) atoms. The highest BCUT2D eigenvalue weighted by molar-refractivity contribution is 5.91. The van der Waals surface area contributed by atoms with Gasteiger partial charge in [-0.2, -0.15) is 0 Å². The molecule has 246 valence electrons. The van der Waals surface area contributed by atoms with Crippen molar-refractivity contribution in [1.29, 1.82) is 0 Å². The van der Waals surface area contributed by atoms with Crippen LogP contribution in [0.5, 0.6) is 5.75 Å². The van der Waals surface area contributed by atoms with E-state index in [1.807, 2.05) is 55.7 Å². The number of allylic oxidation sites excluding steroid dienone is 3. The fraction of sp³-hybridized carbons (Fsp3) is 0.263. The molecule has 0 atom stereocenters. The van der Waals surface area contributed by atoms with Crippen LogP contribution in [0.15, 0.2) is 121 Å². The van der Waals surface area contributed by atoms with Gasteiger partial charge in [0.25, 0.3) is 0 Å². The smallest absolute Gasteiger partial charge is 0.343 e. The van der Waals surface area contributed by atoms with Crippen molar-refractivity contribution in [2.45, 2.75) is 40.2 Å². The SMILES string of the molecule is C=CC(=O)OCCCCOc1ccc(C(=O)OC(=C/C)/C(C)=C(/C)C(=C)OC(=O)c2ccc(C[n+]3ccc(N(C)C)cc3)cc2)cc1. The number of esters is 3. The molecule has 3 aromatic rings. The molecule has 0 spiro atoms. The monoisotopic (exact) mass is 639 g/mol. The first-order chi connectivity index (χ1) is 22.5. The zero-order valence-electron chi connectivity index (χ0n) is 27.8. The van der Waals surface area contributed by atoms with Gasteiger partial charge in [0.2, 0.25) is 0 Å². The molecule has 2 aromatic carbocycles. The van der Waals surface area contributed by atoms with E-state index >= 15 is 0 Å². The van der Waals surface area contributed by atoms with Gasteiger partial charge in [-0.25, -0.2) is 19.0 Å². The Morgan fingerprint density at radius 1 is 0.809 bits per heavy atom. The minimum Gasteiger partial charge on any atom is -0.494 e. The van der Waals surface area contributed by atoms with E-state index in [-0.39, 0.29) is 5.76 Å². The Morgan fingerprint density at radius 3 is 1.96 bits per heavy atom. The molecule has 0 aliphatic rings. The lowest BCUT2D eigenvalue weighted by molar-refractivity contribution is -0.688. The van der Waals surface area contributed by atoms with Crippen LogP contribution in [-0.2, 0) is 25.5 Å². The first-order valence-electron chi connectivity index (χ1n) is 15.3. The van der Waals surface area contributed by atoms with Crippen LogP contribution in [0.25, 0.3) is 0 Å². The van der Waals surface area contributed by atoms with Crippen molar-refractivity contribution < 1.29 is 37.9 Å². The lowest BCUT2D eigenvalue weighted by atomic mass is 10.1. The maximum absolute atomic E-state index is 12.9. The van der Waals surface area contributed by atoms with Crippen molar-refractivity contribution in [3.63, 3.8) is 0 Å². The fourth-order valence-corrected chi connectivity index (χ4v) is 4.28. The molecule has 0 saturated carbocycles. The second kappa shape index (κ2) is 17.9. The first kappa shape index (κ1) is 36.0. The summed E-state index contributed by atoms with van der Waals surface area (Å²) in [7, 11) is 4.00. The molecule has 0 aliphatic heterocycles. The lowest BCUT2D eigenvalue weighted by Crippen LogP contribution is -2.33. The van der Waals surface area contributed by atoms with Crippen molar-refractivity contribution in [2.75, 3.05) is 32.2 Å². The van der Waals surface area contributed by atoms with Crippen LogP contribution >= 0.6 is 0 Å². The van der Waals surface area contributed by atoms with Crippen LogP contribution < -0.4 is 14.2 Å². The molecular formula is C38H43N2O7+. The van der Waals surface area contributed by atoms with E-state index in [9.17, 15) is 14.4 Å². The summed E-state index contributed by atoms with van der Waals surface area (Å²) in [6.07, 6.45) is 8.18. The van der Waals surface area contributed by atoms with E-state index in [2.05, 4.69) is 17.7 Å². The number of ether oxygens (including phenoxy) is 4. The van der Waals surface area contributed by atoms with Crippen LogP contribution in [0.2, 0.25) is 0 Å². The lowest BCUT2D eigenvalue weighted by Gasteiger charge is -2.14. The summed E-state index contributed by atoms with van der Waals surface area (Å²) < 4.78 is 23.9. The van der Waals surface area contributed by atoms with Crippen molar-refractivity contribution in [2.24, 2.45) is 0 Å². The largest absolute Gasteiger partial charge is 0.494 e. The van der Waals surface area contributed by atoms with E-state index in [1.165, 1.54) is 0 Å². The Morgan fingerprint density at radius 2 is 1.38 bits per heavy atom. The molecule has 1 heterocycles. The summed E-state index contributed by atoms with van der Waals surface area (Å²) in [4.78, 5) is 38.9. The molecule has 1 aromatic heterocycles. The summed E-state index contributed by atoms with van der Waals surface area (Å²) in [6, 6.07) is 17.9. The number of benzene rings is 2. The minimum absolute atomic E-state index is 0.156. The van der Waals surface area contributed by atoms with Gasteiger partial charge in [-0.1, -0.05) is 25.3 Å². The molecule has 0 radical (unpaired) electrons. The summed E-state index contributed by atoms with van der Waals surface area (Å²) in [5, 5.41) is 0. The average molecular weight is 640 g/mol. The zero-order chi connectivity index (χ0) is 34.3. The van der Waals surface area contributed by atoms with Crippen LogP contribution in [0.4, 0.5) is 5.69 Å². The molecule has 0 unspecified atom stereocenters. The molecule has 0 N–H and O–H groups in total. The predicted octanol–water partition coefficient (Wildman–Crippen LogP) is 6.74. The number of carbonyl (C=O) groups is 3. The van der Waals surface area contributed by atoms with Gasteiger partial charge in [-0.15, -0.1) is 0 Å². The number of nitrogens with zero attached hydrogens (tertiary/aromatic N) is 2. The topological polar surface area (TPSA) is 95.2 Å². The normalized spacial score (nSPS) is 11.6. The quantitative estimate of drug-likeness (QED) is 0.0323. The number of unbranched alkanes of at least 4 members (excludes halogenated alkanes) is 1. The van der Waals surface area contributed by atoms with Gasteiger partial charge >= 0.3 is 17.9 Å². The number of carbonyl (C=O) groups excluding carboxylic acids is 3. The van der Waals surface area contributed by atoms with E-state index in [1.54, 1.807) is 63.2 Å². The van der Waals surface area contributed by atoms with Gasteiger partial charge in [-0.05, 0) is 87.2 Å². The van der Waals surface area contributed by atoms with E-state index in [4.69, 9.17) is 18.9 Å².